The topological polar surface area (TPSA) is 80.5 Å². The summed E-state index contributed by atoms with van der Waals surface area (Å²) in [7, 11) is 1.77. The molecule has 0 bridgehead atoms. The molecule has 0 aliphatic carbocycles. The van der Waals surface area contributed by atoms with Crippen LogP contribution >= 0.6 is 0 Å². The van der Waals surface area contributed by atoms with Gasteiger partial charge in [0.1, 0.15) is 23.6 Å². The standard InChI is InChI=1S/C22H23N7O/c1-30-17-7-9-28(14-17)21-6-5-16(12-24-21)11-23-20-10-18(26-15-27-20)19-13-25-22-4-2-3-8-29(19)22/h2-6,8,10,12-13,15,17H,7,9,11,14H2,1H3,(H,23,26,27)/t17-/m0/s1. The highest BCUT2D eigenvalue weighted by molar-refractivity contribution is 5.62. The summed E-state index contributed by atoms with van der Waals surface area (Å²) < 4.78 is 7.45. The van der Waals surface area contributed by atoms with Gasteiger partial charge in [0.05, 0.1) is 23.7 Å². The van der Waals surface area contributed by atoms with Crippen molar-refractivity contribution in [3.05, 3.63) is 66.9 Å². The van der Waals surface area contributed by atoms with E-state index in [2.05, 4.69) is 42.3 Å². The molecule has 4 aromatic heterocycles. The van der Waals surface area contributed by atoms with Crippen LogP contribution in [0.3, 0.4) is 0 Å². The zero-order valence-corrected chi connectivity index (χ0v) is 16.8. The van der Waals surface area contributed by atoms with Gasteiger partial charge in [-0.15, -0.1) is 0 Å². The molecule has 0 unspecified atom stereocenters. The van der Waals surface area contributed by atoms with Crippen molar-refractivity contribution in [1.82, 2.24) is 24.3 Å². The minimum atomic E-state index is 0.299. The Morgan fingerprint density at radius 2 is 2.07 bits per heavy atom. The molecule has 0 radical (unpaired) electrons. The molecule has 0 saturated carbocycles. The van der Waals surface area contributed by atoms with Crippen LogP contribution < -0.4 is 10.2 Å². The van der Waals surface area contributed by atoms with Crippen LogP contribution in [0.1, 0.15) is 12.0 Å². The third kappa shape index (κ3) is 3.69. The van der Waals surface area contributed by atoms with E-state index in [4.69, 9.17) is 4.74 Å². The fourth-order valence-electron chi connectivity index (χ4n) is 3.75. The molecule has 152 valence electrons. The minimum Gasteiger partial charge on any atom is -0.380 e. The van der Waals surface area contributed by atoms with Gasteiger partial charge in [0, 0.05) is 45.2 Å². The normalized spacial score (nSPS) is 16.3. The molecule has 5 rings (SSSR count). The first kappa shape index (κ1) is 18.5. The molecule has 30 heavy (non-hydrogen) atoms. The van der Waals surface area contributed by atoms with E-state index >= 15 is 0 Å². The maximum Gasteiger partial charge on any atom is 0.137 e. The van der Waals surface area contributed by atoms with Crippen molar-refractivity contribution in [3.63, 3.8) is 0 Å². The van der Waals surface area contributed by atoms with Crippen molar-refractivity contribution >= 4 is 17.3 Å². The summed E-state index contributed by atoms with van der Waals surface area (Å²) in [5.41, 5.74) is 3.74. The molecular weight excluding hydrogens is 378 g/mol. The van der Waals surface area contributed by atoms with Crippen LogP contribution in [0.2, 0.25) is 0 Å². The van der Waals surface area contributed by atoms with Crippen LogP contribution in [-0.2, 0) is 11.3 Å². The quantitative estimate of drug-likeness (QED) is 0.532. The van der Waals surface area contributed by atoms with E-state index in [1.54, 1.807) is 13.4 Å². The van der Waals surface area contributed by atoms with Crippen molar-refractivity contribution in [1.29, 1.82) is 0 Å². The van der Waals surface area contributed by atoms with Crippen LogP contribution in [0, 0.1) is 0 Å². The molecule has 1 aliphatic heterocycles. The highest BCUT2D eigenvalue weighted by Gasteiger charge is 2.22. The largest absolute Gasteiger partial charge is 0.380 e. The summed E-state index contributed by atoms with van der Waals surface area (Å²) in [4.78, 5) is 20.1. The maximum absolute atomic E-state index is 5.44. The zero-order valence-electron chi connectivity index (χ0n) is 16.8. The molecular formula is C22H23N7O. The average Bonchev–Trinajstić information content (AvgIpc) is 3.45. The van der Waals surface area contributed by atoms with Crippen molar-refractivity contribution < 1.29 is 4.74 Å². The first-order valence-electron chi connectivity index (χ1n) is 10.0. The highest BCUT2D eigenvalue weighted by Crippen LogP contribution is 2.22. The fraction of sp³-hybridized carbons (Fsp3) is 0.273. The molecule has 8 nitrogen and oxygen atoms in total. The van der Waals surface area contributed by atoms with Gasteiger partial charge in [-0.3, -0.25) is 4.40 Å². The lowest BCUT2D eigenvalue weighted by Crippen LogP contribution is -2.23. The number of nitrogens with zero attached hydrogens (tertiary/aromatic N) is 6. The molecule has 1 aliphatic rings. The molecule has 0 aromatic carbocycles. The molecule has 1 N–H and O–H groups in total. The number of fused-ring (bicyclic) bond motifs is 1. The third-order valence-electron chi connectivity index (χ3n) is 5.43. The number of anilines is 2. The molecule has 1 atom stereocenters. The smallest absolute Gasteiger partial charge is 0.137 e. The Morgan fingerprint density at radius 3 is 2.90 bits per heavy atom. The van der Waals surface area contributed by atoms with Gasteiger partial charge in [-0.1, -0.05) is 12.1 Å². The number of methoxy groups -OCH3 is 1. The van der Waals surface area contributed by atoms with E-state index in [0.29, 0.717) is 12.6 Å². The molecule has 0 amide bonds. The van der Waals surface area contributed by atoms with E-state index in [1.165, 1.54) is 0 Å². The Bertz CT molecular complexity index is 1140. The molecule has 1 saturated heterocycles. The van der Waals surface area contributed by atoms with Gasteiger partial charge in [0.15, 0.2) is 0 Å². The summed E-state index contributed by atoms with van der Waals surface area (Å²) in [6.07, 6.45) is 8.64. The van der Waals surface area contributed by atoms with Crippen LogP contribution in [0.4, 0.5) is 11.6 Å². The Balaban J connectivity index is 1.26. The fourth-order valence-corrected chi connectivity index (χ4v) is 3.75. The minimum absolute atomic E-state index is 0.299. The highest BCUT2D eigenvalue weighted by atomic mass is 16.5. The first-order chi connectivity index (χ1) is 14.8. The Hall–Kier alpha value is -3.52. The van der Waals surface area contributed by atoms with Crippen molar-refractivity contribution in [3.8, 4) is 11.4 Å². The van der Waals surface area contributed by atoms with E-state index < -0.39 is 0 Å². The molecule has 5 heterocycles. The van der Waals surface area contributed by atoms with Gasteiger partial charge < -0.3 is 15.0 Å². The van der Waals surface area contributed by atoms with Crippen molar-refractivity contribution in [2.75, 3.05) is 30.4 Å². The number of rotatable bonds is 6. The number of imidazole rings is 1. The molecule has 8 heteroatoms. The number of pyridine rings is 2. The second kappa shape index (κ2) is 8.08. The lowest BCUT2D eigenvalue weighted by atomic mass is 10.2. The Kier molecular flexibility index (Phi) is 4.98. The van der Waals surface area contributed by atoms with E-state index in [9.17, 15) is 0 Å². The van der Waals surface area contributed by atoms with E-state index in [-0.39, 0.29) is 0 Å². The summed E-state index contributed by atoms with van der Waals surface area (Å²) in [6.45, 7) is 2.52. The first-order valence-corrected chi connectivity index (χ1v) is 10.0. The van der Waals surface area contributed by atoms with Gasteiger partial charge in [-0.25, -0.2) is 19.9 Å². The monoisotopic (exact) mass is 401 g/mol. The number of nitrogens with one attached hydrogen (secondary N) is 1. The summed E-state index contributed by atoms with van der Waals surface area (Å²) in [6, 6.07) is 12.0. The van der Waals surface area contributed by atoms with Gasteiger partial charge >= 0.3 is 0 Å². The van der Waals surface area contributed by atoms with Crippen molar-refractivity contribution in [2.45, 2.75) is 19.1 Å². The maximum atomic E-state index is 5.44. The van der Waals surface area contributed by atoms with Gasteiger partial charge in [-0.05, 0) is 30.2 Å². The van der Waals surface area contributed by atoms with Crippen LogP contribution in [0.25, 0.3) is 17.0 Å². The van der Waals surface area contributed by atoms with E-state index in [1.807, 2.05) is 47.3 Å². The lowest BCUT2D eigenvalue weighted by molar-refractivity contribution is 0.121. The van der Waals surface area contributed by atoms with Crippen LogP contribution in [-0.4, -0.2) is 50.6 Å². The number of aromatic nitrogens is 5. The second-order valence-corrected chi connectivity index (χ2v) is 7.33. The third-order valence-corrected chi connectivity index (χ3v) is 5.43. The number of hydrogen-bond donors (Lipinski definition) is 1. The zero-order chi connectivity index (χ0) is 20.3. The predicted molar refractivity (Wildman–Crippen MR) is 115 cm³/mol. The van der Waals surface area contributed by atoms with Crippen molar-refractivity contribution in [2.24, 2.45) is 0 Å². The molecule has 1 fully saturated rings. The Morgan fingerprint density at radius 1 is 1.10 bits per heavy atom. The lowest BCUT2D eigenvalue weighted by Gasteiger charge is -2.17. The number of hydrogen-bond acceptors (Lipinski definition) is 7. The SMILES string of the molecule is CO[C@H]1CCN(c2ccc(CNc3cc(-c4cnc5ccccn45)ncn3)cn2)C1. The van der Waals surface area contributed by atoms with Crippen LogP contribution in [0.5, 0.6) is 0 Å². The van der Waals surface area contributed by atoms with E-state index in [0.717, 1.165) is 53.7 Å². The molecule has 4 aromatic rings. The number of ether oxygens (including phenoxy) is 1. The summed E-state index contributed by atoms with van der Waals surface area (Å²) >= 11 is 0. The second-order valence-electron chi connectivity index (χ2n) is 7.33. The summed E-state index contributed by atoms with van der Waals surface area (Å²) in [5, 5.41) is 3.36. The Labute approximate surface area is 174 Å². The predicted octanol–water partition coefficient (Wildman–Crippen LogP) is 3.02. The summed E-state index contributed by atoms with van der Waals surface area (Å²) in [5.74, 6) is 1.76. The molecule has 0 spiro atoms. The van der Waals surface area contributed by atoms with Crippen LogP contribution in [0.15, 0.2) is 61.3 Å². The van der Waals surface area contributed by atoms with Gasteiger partial charge in [0.2, 0.25) is 0 Å². The van der Waals surface area contributed by atoms with Gasteiger partial charge in [0.25, 0.3) is 0 Å². The van der Waals surface area contributed by atoms with Gasteiger partial charge in [-0.2, -0.15) is 0 Å². The average molecular weight is 401 g/mol.